The van der Waals surface area contributed by atoms with Gasteiger partial charge in [-0.3, -0.25) is 0 Å². The highest BCUT2D eigenvalue weighted by molar-refractivity contribution is 5.16. The lowest BCUT2D eigenvalue weighted by Crippen LogP contribution is -2.46. The summed E-state index contributed by atoms with van der Waals surface area (Å²) >= 11 is 0. The maximum Gasteiger partial charge on any atom is 0.0587 e. The van der Waals surface area contributed by atoms with Crippen LogP contribution in [0, 0.1) is 0 Å². The SMILES string of the molecule is CC1CC(NC(CO)Cc2ccccc2)CCO1. The second-order valence-electron chi connectivity index (χ2n) is 5.14. The summed E-state index contributed by atoms with van der Waals surface area (Å²) in [5, 5.41) is 13.0. The molecule has 1 saturated heterocycles. The Kier molecular flexibility index (Phi) is 5.17. The van der Waals surface area contributed by atoms with Crippen molar-refractivity contribution < 1.29 is 9.84 Å². The van der Waals surface area contributed by atoms with E-state index in [4.69, 9.17) is 4.74 Å². The van der Waals surface area contributed by atoms with Crippen molar-refractivity contribution in [2.75, 3.05) is 13.2 Å². The normalized spacial score (nSPS) is 25.9. The van der Waals surface area contributed by atoms with Crippen LogP contribution in [0.2, 0.25) is 0 Å². The number of aliphatic hydroxyl groups excluding tert-OH is 1. The maximum atomic E-state index is 9.49. The van der Waals surface area contributed by atoms with Crippen LogP contribution in [0.4, 0.5) is 0 Å². The monoisotopic (exact) mass is 249 g/mol. The molecule has 0 bridgehead atoms. The van der Waals surface area contributed by atoms with Crippen LogP contribution in [0.25, 0.3) is 0 Å². The molecule has 3 atom stereocenters. The van der Waals surface area contributed by atoms with Crippen LogP contribution in [0.15, 0.2) is 30.3 Å². The number of aliphatic hydroxyl groups is 1. The number of hydrogen-bond donors (Lipinski definition) is 2. The number of rotatable bonds is 5. The molecule has 1 heterocycles. The molecular formula is C15H23NO2. The Balaban J connectivity index is 1.85. The van der Waals surface area contributed by atoms with Gasteiger partial charge in [-0.2, -0.15) is 0 Å². The number of nitrogens with one attached hydrogen (secondary N) is 1. The highest BCUT2D eigenvalue weighted by Crippen LogP contribution is 2.14. The third-order valence-corrected chi connectivity index (χ3v) is 3.50. The first-order chi connectivity index (χ1) is 8.78. The summed E-state index contributed by atoms with van der Waals surface area (Å²) in [5.41, 5.74) is 1.27. The molecule has 1 aromatic rings. The van der Waals surface area contributed by atoms with Crippen molar-refractivity contribution in [3.8, 4) is 0 Å². The summed E-state index contributed by atoms with van der Waals surface area (Å²) in [6, 6.07) is 10.9. The quantitative estimate of drug-likeness (QED) is 0.835. The second-order valence-corrected chi connectivity index (χ2v) is 5.14. The summed E-state index contributed by atoms with van der Waals surface area (Å²) in [7, 11) is 0. The van der Waals surface area contributed by atoms with Gasteiger partial charge in [0.2, 0.25) is 0 Å². The zero-order chi connectivity index (χ0) is 12.8. The molecule has 1 fully saturated rings. The van der Waals surface area contributed by atoms with E-state index in [0.717, 1.165) is 25.9 Å². The minimum Gasteiger partial charge on any atom is -0.395 e. The molecule has 0 radical (unpaired) electrons. The Labute approximate surface area is 109 Å². The van der Waals surface area contributed by atoms with Crippen molar-refractivity contribution in [1.82, 2.24) is 5.32 Å². The minimum atomic E-state index is 0.141. The molecule has 3 nitrogen and oxygen atoms in total. The van der Waals surface area contributed by atoms with Crippen molar-refractivity contribution in [3.05, 3.63) is 35.9 Å². The predicted molar refractivity (Wildman–Crippen MR) is 72.6 cm³/mol. The minimum absolute atomic E-state index is 0.141. The summed E-state index contributed by atoms with van der Waals surface area (Å²) in [4.78, 5) is 0. The molecule has 3 unspecified atom stereocenters. The van der Waals surface area contributed by atoms with Gasteiger partial charge >= 0.3 is 0 Å². The second kappa shape index (κ2) is 6.88. The topological polar surface area (TPSA) is 41.5 Å². The summed E-state index contributed by atoms with van der Waals surface area (Å²) < 4.78 is 5.54. The van der Waals surface area contributed by atoms with Crippen molar-refractivity contribution in [2.24, 2.45) is 0 Å². The fraction of sp³-hybridized carbons (Fsp3) is 0.600. The summed E-state index contributed by atoms with van der Waals surface area (Å²) in [5.74, 6) is 0. The lowest BCUT2D eigenvalue weighted by atomic mass is 10.0. The van der Waals surface area contributed by atoms with Crippen molar-refractivity contribution in [2.45, 2.75) is 44.4 Å². The first kappa shape index (κ1) is 13.5. The van der Waals surface area contributed by atoms with Crippen LogP contribution in [-0.2, 0) is 11.2 Å². The van der Waals surface area contributed by atoms with Crippen LogP contribution in [0.5, 0.6) is 0 Å². The Hall–Kier alpha value is -0.900. The largest absolute Gasteiger partial charge is 0.395 e. The first-order valence-corrected chi connectivity index (χ1v) is 6.80. The molecule has 0 spiro atoms. The van der Waals surface area contributed by atoms with E-state index in [1.807, 2.05) is 18.2 Å². The molecule has 1 aromatic carbocycles. The number of hydrogen-bond acceptors (Lipinski definition) is 3. The standard InChI is InChI=1S/C15H23NO2/c1-12-9-14(7-8-18-12)16-15(11-17)10-13-5-3-2-4-6-13/h2-6,12,14-17H,7-11H2,1H3. The molecule has 2 rings (SSSR count). The van der Waals surface area contributed by atoms with E-state index < -0.39 is 0 Å². The van der Waals surface area contributed by atoms with E-state index in [1.165, 1.54) is 5.56 Å². The van der Waals surface area contributed by atoms with Gasteiger partial charge in [0.1, 0.15) is 0 Å². The number of benzene rings is 1. The van der Waals surface area contributed by atoms with E-state index in [-0.39, 0.29) is 12.6 Å². The van der Waals surface area contributed by atoms with Gasteiger partial charge in [-0.05, 0) is 31.7 Å². The molecule has 0 aromatic heterocycles. The van der Waals surface area contributed by atoms with Gasteiger partial charge in [-0.15, -0.1) is 0 Å². The molecule has 3 heteroatoms. The number of ether oxygens (including phenoxy) is 1. The molecular weight excluding hydrogens is 226 g/mol. The molecule has 18 heavy (non-hydrogen) atoms. The third kappa shape index (κ3) is 4.09. The Morgan fingerprint density at radius 1 is 1.39 bits per heavy atom. The van der Waals surface area contributed by atoms with E-state index in [9.17, 15) is 5.11 Å². The van der Waals surface area contributed by atoms with E-state index in [0.29, 0.717) is 12.1 Å². The Morgan fingerprint density at radius 2 is 2.17 bits per heavy atom. The average molecular weight is 249 g/mol. The molecule has 1 aliphatic heterocycles. The zero-order valence-corrected chi connectivity index (χ0v) is 11.0. The average Bonchev–Trinajstić information content (AvgIpc) is 2.39. The Morgan fingerprint density at radius 3 is 2.83 bits per heavy atom. The Bertz CT molecular complexity index is 342. The fourth-order valence-electron chi connectivity index (χ4n) is 2.56. The molecule has 0 amide bonds. The molecule has 0 saturated carbocycles. The van der Waals surface area contributed by atoms with Crippen LogP contribution in [-0.4, -0.2) is 36.5 Å². The van der Waals surface area contributed by atoms with Crippen LogP contribution in [0.3, 0.4) is 0 Å². The van der Waals surface area contributed by atoms with Gasteiger partial charge < -0.3 is 15.2 Å². The van der Waals surface area contributed by atoms with Gasteiger partial charge in [0.15, 0.2) is 0 Å². The van der Waals surface area contributed by atoms with Gasteiger partial charge in [-0.1, -0.05) is 30.3 Å². The van der Waals surface area contributed by atoms with Gasteiger partial charge in [-0.25, -0.2) is 0 Å². The molecule has 2 N–H and O–H groups in total. The van der Waals surface area contributed by atoms with Crippen molar-refractivity contribution in [3.63, 3.8) is 0 Å². The van der Waals surface area contributed by atoms with Gasteiger partial charge in [0, 0.05) is 18.7 Å². The third-order valence-electron chi connectivity index (χ3n) is 3.50. The maximum absolute atomic E-state index is 9.49. The molecule has 0 aliphatic carbocycles. The summed E-state index contributed by atoms with van der Waals surface area (Å²) in [6.07, 6.45) is 3.27. The first-order valence-electron chi connectivity index (χ1n) is 6.80. The van der Waals surface area contributed by atoms with Crippen LogP contribution >= 0.6 is 0 Å². The van der Waals surface area contributed by atoms with E-state index in [2.05, 4.69) is 24.4 Å². The van der Waals surface area contributed by atoms with E-state index >= 15 is 0 Å². The van der Waals surface area contributed by atoms with Crippen LogP contribution < -0.4 is 5.32 Å². The lowest BCUT2D eigenvalue weighted by molar-refractivity contribution is 0.00971. The van der Waals surface area contributed by atoms with Crippen molar-refractivity contribution >= 4 is 0 Å². The molecule has 100 valence electrons. The zero-order valence-electron chi connectivity index (χ0n) is 11.0. The van der Waals surface area contributed by atoms with E-state index in [1.54, 1.807) is 0 Å². The summed E-state index contributed by atoms with van der Waals surface area (Å²) in [6.45, 7) is 3.11. The smallest absolute Gasteiger partial charge is 0.0587 e. The van der Waals surface area contributed by atoms with Crippen molar-refractivity contribution in [1.29, 1.82) is 0 Å². The van der Waals surface area contributed by atoms with Crippen LogP contribution in [0.1, 0.15) is 25.3 Å². The highest BCUT2D eigenvalue weighted by atomic mass is 16.5. The highest BCUT2D eigenvalue weighted by Gasteiger charge is 2.21. The fourth-order valence-corrected chi connectivity index (χ4v) is 2.56. The predicted octanol–water partition coefficient (Wildman–Crippen LogP) is 1.75. The van der Waals surface area contributed by atoms with Gasteiger partial charge in [0.05, 0.1) is 12.7 Å². The lowest BCUT2D eigenvalue weighted by Gasteiger charge is -2.31. The van der Waals surface area contributed by atoms with Gasteiger partial charge in [0.25, 0.3) is 0 Å². The molecule has 1 aliphatic rings.